The monoisotopic (exact) mass is 271 g/mol. The van der Waals surface area contributed by atoms with E-state index in [2.05, 4.69) is 5.10 Å². The molecule has 2 aromatic rings. The van der Waals surface area contributed by atoms with Crippen molar-refractivity contribution in [2.24, 2.45) is 0 Å². The summed E-state index contributed by atoms with van der Waals surface area (Å²) < 4.78 is 1.73. The summed E-state index contributed by atoms with van der Waals surface area (Å²) in [5.41, 5.74) is 0.668. The van der Waals surface area contributed by atoms with Crippen LogP contribution in [0.2, 0.25) is 0 Å². The average molecular weight is 271 g/mol. The molecule has 0 N–H and O–H groups in total. The van der Waals surface area contributed by atoms with Crippen molar-refractivity contribution in [1.29, 1.82) is 0 Å². The maximum Gasteiger partial charge on any atom is 0.280 e. The van der Waals surface area contributed by atoms with Crippen molar-refractivity contribution < 1.29 is 9.72 Å². The fraction of sp³-hybridized carbons (Fsp3) is 0.143. The largest absolute Gasteiger partial charge is 0.289 e. The zero-order valence-electron chi connectivity index (χ0n) is 10.9. The fourth-order valence-electron chi connectivity index (χ4n) is 1.74. The first-order valence-corrected chi connectivity index (χ1v) is 6.10. The highest BCUT2D eigenvalue weighted by Gasteiger charge is 2.16. The maximum absolute atomic E-state index is 12.0. The van der Waals surface area contributed by atoms with Crippen molar-refractivity contribution >= 4 is 17.5 Å². The second kappa shape index (κ2) is 5.92. The number of ketones is 1. The van der Waals surface area contributed by atoms with Crippen LogP contribution in [-0.2, 0) is 6.54 Å². The Kier molecular flexibility index (Phi) is 4.05. The van der Waals surface area contributed by atoms with Gasteiger partial charge in [0.15, 0.2) is 5.78 Å². The Morgan fingerprint density at radius 2 is 2.20 bits per heavy atom. The van der Waals surface area contributed by atoms with Gasteiger partial charge in [-0.15, -0.1) is 0 Å². The Morgan fingerprint density at radius 3 is 2.85 bits per heavy atom. The Balaban J connectivity index is 2.22. The number of nitrogens with zero attached hydrogens (tertiary/aromatic N) is 3. The molecule has 20 heavy (non-hydrogen) atoms. The molecule has 1 aromatic heterocycles. The standard InChI is InChI=1S/C14H13N3O3/c1-2-16-10-11(9-15-16)7-8-14(18)12-5-3-4-6-13(12)17(19)20/h3-10H,2H2,1H3/b8-7+. The fourth-order valence-corrected chi connectivity index (χ4v) is 1.74. The smallest absolute Gasteiger partial charge is 0.280 e. The number of rotatable bonds is 5. The zero-order valence-corrected chi connectivity index (χ0v) is 10.9. The van der Waals surface area contributed by atoms with E-state index in [0.29, 0.717) is 0 Å². The average Bonchev–Trinajstić information content (AvgIpc) is 2.92. The summed E-state index contributed by atoms with van der Waals surface area (Å²) in [5, 5.41) is 14.9. The van der Waals surface area contributed by atoms with Crippen LogP contribution in [0.25, 0.3) is 6.08 Å². The van der Waals surface area contributed by atoms with E-state index in [-0.39, 0.29) is 11.3 Å². The molecule has 1 aromatic carbocycles. The Morgan fingerprint density at radius 1 is 1.45 bits per heavy atom. The molecule has 0 aliphatic carbocycles. The van der Waals surface area contributed by atoms with Gasteiger partial charge in [-0.1, -0.05) is 12.1 Å². The number of nitro groups is 1. The highest BCUT2D eigenvalue weighted by molar-refractivity contribution is 6.09. The third-order valence-electron chi connectivity index (χ3n) is 2.77. The lowest BCUT2D eigenvalue weighted by Crippen LogP contribution is -2.00. The van der Waals surface area contributed by atoms with Gasteiger partial charge in [0, 0.05) is 24.4 Å². The molecule has 1 heterocycles. The molecule has 0 fully saturated rings. The number of hydrogen-bond acceptors (Lipinski definition) is 4. The zero-order chi connectivity index (χ0) is 14.5. The molecular formula is C14H13N3O3. The van der Waals surface area contributed by atoms with E-state index in [1.807, 2.05) is 6.92 Å². The van der Waals surface area contributed by atoms with Gasteiger partial charge in [-0.3, -0.25) is 19.6 Å². The molecule has 0 atom stereocenters. The molecule has 2 rings (SSSR count). The van der Waals surface area contributed by atoms with E-state index in [9.17, 15) is 14.9 Å². The topological polar surface area (TPSA) is 78.0 Å². The SMILES string of the molecule is CCn1cc(/C=C/C(=O)c2ccccc2[N+](=O)[O-])cn1. The van der Waals surface area contributed by atoms with Gasteiger partial charge in [0.2, 0.25) is 0 Å². The van der Waals surface area contributed by atoms with Gasteiger partial charge in [-0.05, 0) is 25.1 Å². The third kappa shape index (κ3) is 2.97. The van der Waals surface area contributed by atoms with Gasteiger partial charge in [0.25, 0.3) is 5.69 Å². The van der Waals surface area contributed by atoms with E-state index in [1.54, 1.807) is 29.2 Å². The minimum Gasteiger partial charge on any atom is -0.289 e. The molecule has 0 spiro atoms. The second-order valence-corrected chi connectivity index (χ2v) is 4.10. The Labute approximate surface area is 115 Å². The molecule has 102 valence electrons. The van der Waals surface area contributed by atoms with Gasteiger partial charge in [0.05, 0.1) is 16.7 Å². The quantitative estimate of drug-likeness (QED) is 0.362. The predicted molar refractivity (Wildman–Crippen MR) is 74.4 cm³/mol. The molecule has 6 nitrogen and oxygen atoms in total. The summed E-state index contributed by atoms with van der Waals surface area (Å²) >= 11 is 0. The minimum absolute atomic E-state index is 0.0802. The van der Waals surface area contributed by atoms with Gasteiger partial charge in [0.1, 0.15) is 0 Å². The van der Waals surface area contributed by atoms with E-state index in [4.69, 9.17) is 0 Å². The molecule has 6 heteroatoms. The predicted octanol–water partition coefficient (Wildman–Crippen LogP) is 2.71. The van der Waals surface area contributed by atoms with Crippen molar-refractivity contribution in [3.05, 3.63) is 64.0 Å². The molecule has 0 aliphatic rings. The molecule has 0 saturated carbocycles. The molecular weight excluding hydrogens is 258 g/mol. The van der Waals surface area contributed by atoms with E-state index >= 15 is 0 Å². The van der Waals surface area contributed by atoms with Gasteiger partial charge < -0.3 is 0 Å². The van der Waals surface area contributed by atoms with Crippen LogP contribution in [-0.4, -0.2) is 20.5 Å². The van der Waals surface area contributed by atoms with E-state index < -0.39 is 10.7 Å². The number of allylic oxidation sites excluding steroid dienone is 1. The van der Waals surface area contributed by atoms with Crippen LogP contribution in [0.1, 0.15) is 22.8 Å². The number of carbonyl (C=O) groups is 1. The molecule has 0 amide bonds. The number of benzene rings is 1. The molecule has 0 unspecified atom stereocenters. The lowest BCUT2D eigenvalue weighted by Gasteiger charge is -1.97. The third-order valence-corrected chi connectivity index (χ3v) is 2.77. The van der Waals surface area contributed by atoms with Crippen molar-refractivity contribution in [3.8, 4) is 0 Å². The van der Waals surface area contributed by atoms with Crippen LogP contribution in [0.4, 0.5) is 5.69 Å². The summed E-state index contributed by atoms with van der Waals surface area (Å²) in [4.78, 5) is 22.3. The summed E-state index contributed by atoms with van der Waals surface area (Å²) in [6.07, 6.45) is 6.34. The molecule has 0 saturated heterocycles. The number of hydrogen-bond donors (Lipinski definition) is 0. The van der Waals surface area contributed by atoms with Crippen molar-refractivity contribution in [2.75, 3.05) is 0 Å². The van der Waals surface area contributed by atoms with E-state index in [1.165, 1.54) is 24.3 Å². The Bertz CT molecular complexity index is 674. The van der Waals surface area contributed by atoms with Gasteiger partial charge in [-0.2, -0.15) is 5.10 Å². The van der Waals surface area contributed by atoms with Crippen molar-refractivity contribution in [2.45, 2.75) is 13.5 Å². The highest BCUT2D eigenvalue weighted by Crippen LogP contribution is 2.18. The van der Waals surface area contributed by atoms with Gasteiger partial charge >= 0.3 is 0 Å². The van der Waals surface area contributed by atoms with Crippen LogP contribution < -0.4 is 0 Å². The first-order valence-electron chi connectivity index (χ1n) is 6.10. The number of aromatic nitrogens is 2. The molecule has 0 radical (unpaired) electrons. The maximum atomic E-state index is 12.0. The van der Waals surface area contributed by atoms with Crippen LogP contribution >= 0.6 is 0 Å². The number of nitro benzene ring substituents is 1. The lowest BCUT2D eigenvalue weighted by molar-refractivity contribution is -0.385. The first kappa shape index (κ1) is 13.7. The van der Waals surface area contributed by atoms with Crippen molar-refractivity contribution in [3.63, 3.8) is 0 Å². The minimum atomic E-state index is -0.559. The number of para-hydroxylation sites is 1. The lowest BCUT2D eigenvalue weighted by atomic mass is 10.1. The highest BCUT2D eigenvalue weighted by atomic mass is 16.6. The van der Waals surface area contributed by atoms with Crippen LogP contribution in [0.5, 0.6) is 0 Å². The summed E-state index contributed by atoms with van der Waals surface area (Å²) in [5.74, 6) is -0.401. The Hall–Kier alpha value is -2.76. The summed E-state index contributed by atoms with van der Waals surface area (Å²) in [6.45, 7) is 2.70. The number of carbonyl (C=O) groups excluding carboxylic acids is 1. The van der Waals surface area contributed by atoms with E-state index in [0.717, 1.165) is 12.1 Å². The van der Waals surface area contributed by atoms with Crippen molar-refractivity contribution in [1.82, 2.24) is 9.78 Å². The van der Waals surface area contributed by atoms with Crippen LogP contribution in [0.3, 0.4) is 0 Å². The summed E-state index contributed by atoms with van der Waals surface area (Å²) in [6, 6.07) is 5.89. The molecule has 0 aliphatic heterocycles. The van der Waals surface area contributed by atoms with Crippen LogP contribution in [0.15, 0.2) is 42.7 Å². The molecule has 0 bridgehead atoms. The summed E-state index contributed by atoms with van der Waals surface area (Å²) in [7, 11) is 0. The second-order valence-electron chi connectivity index (χ2n) is 4.10. The normalized spacial score (nSPS) is 10.8. The van der Waals surface area contributed by atoms with Gasteiger partial charge in [-0.25, -0.2) is 0 Å². The first-order chi connectivity index (χ1) is 9.61. The number of aryl methyl sites for hydroxylation is 1. The van der Waals surface area contributed by atoms with Crippen LogP contribution in [0, 0.1) is 10.1 Å².